The molecule has 0 spiro atoms. The van der Waals surface area contributed by atoms with E-state index >= 15 is 0 Å². The van der Waals surface area contributed by atoms with Crippen LogP contribution in [0.1, 0.15) is 12.0 Å². The number of amides is 2. The van der Waals surface area contributed by atoms with Gasteiger partial charge < -0.3 is 25.3 Å². The molecule has 7 nitrogen and oxygen atoms in total. The third kappa shape index (κ3) is 7.28. The van der Waals surface area contributed by atoms with Gasteiger partial charge in [0.15, 0.2) is 6.10 Å². The molecule has 1 saturated heterocycles. The second kappa shape index (κ2) is 11.6. The van der Waals surface area contributed by atoms with Crippen molar-refractivity contribution in [3.05, 3.63) is 35.9 Å². The number of nitrogens with one attached hydrogen (secondary N) is 2. The Balaban J connectivity index is 0.00000338. The number of benzene rings is 1. The van der Waals surface area contributed by atoms with Crippen LogP contribution in [0.3, 0.4) is 0 Å². The molecule has 2 amide bonds. The number of aliphatic carboxylic acids is 1. The van der Waals surface area contributed by atoms with Gasteiger partial charge in [-0.25, -0.2) is 0 Å². The number of thioether (sulfide) groups is 1. The predicted molar refractivity (Wildman–Crippen MR) is 91.8 cm³/mol. The van der Waals surface area contributed by atoms with Gasteiger partial charge in [-0.05, 0) is 24.0 Å². The zero-order chi connectivity index (χ0) is 18.2. The summed E-state index contributed by atoms with van der Waals surface area (Å²) in [5.41, 5.74) is 0.889. The first-order valence-corrected chi connectivity index (χ1v) is 9.39. The summed E-state index contributed by atoms with van der Waals surface area (Å²) in [5, 5.41) is 16.1. The summed E-state index contributed by atoms with van der Waals surface area (Å²) in [4.78, 5) is 35.2. The Morgan fingerprint density at radius 2 is 1.92 bits per heavy atom. The third-order valence-electron chi connectivity index (χ3n) is 3.72. The minimum atomic E-state index is -1.43. The number of carbonyl (C=O) groups excluding carboxylic acids is 3. The van der Waals surface area contributed by atoms with Crippen LogP contribution in [0, 0.1) is 0 Å². The molecule has 1 aliphatic heterocycles. The third-order valence-corrected chi connectivity index (χ3v) is 4.42. The van der Waals surface area contributed by atoms with Gasteiger partial charge in [-0.2, -0.15) is 11.8 Å². The molecule has 26 heavy (non-hydrogen) atoms. The monoisotopic (exact) mass is 388 g/mol. The summed E-state index contributed by atoms with van der Waals surface area (Å²) in [6.45, 7) is 0.516. The molecule has 0 unspecified atom stereocenters. The normalized spacial score (nSPS) is 19.0. The zero-order valence-electron chi connectivity index (χ0n) is 14.9. The van der Waals surface area contributed by atoms with Crippen LogP contribution in [0.2, 0.25) is 0 Å². The van der Waals surface area contributed by atoms with Crippen molar-refractivity contribution >= 4 is 29.5 Å². The van der Waals surface area contributed by atoms with E-state index in [2.05, 4.69) is 10.6 Å². The Hall–Kier alpha value is -1.06. The molecule has 0 aliphatic carbocycles. The van der Waals surface area contributed by atoms with Crippen LogP contribution in [0.5, 0.6) is 0 Å². The van der Waals surface area contributed by atoms with Gasteiger partial charge in [0.1, 0.15) is 12.1 Å². The second-order valence-electron chi connectivity index (χ2n) is 5.68. The van der Waals surface area contributed by atoms with Crippen molar-refractivity contribution in [2.75, 3.05) is 18.6 Å². The van der Waals surface area contributed by atoms with Gasteiger partial charge in [0.25, 0.3) is 5.91 Å². The molecule has 136 valence electrons. The predicted octanol–water partition coefficient (Wildman–Crippen LogP) is -3.90. The van der Waals surface area contributed by atoms with Gasteiger partial charge in [0.05, 0.1) is 5.97 Å². The fraction of sp³-hybridized carbons (Fsp3) is 0.471. The number of carboxylic acids is 1. The second-order valence-corrected chi connectivity index (χ2v) is 6.67. The SMILES string of the molecule is CSCCCNC(=O)[C@H](Cc1ccccc1)NC(=O)[C@H]1O[C@@H]1C(=O)[O-].[Na+]. The Labute approximate surface area is 178 Å². The maximum Gasteiger partial charge on any atom is 1.00 e. The average Bonchev–Trinajstić information content (AvgIpc) is 3.40. The molecule has 1 aromatic rings. The van der Waals surface area contributed by atoms with Crippen LogP contribution < -0.4 is 45.3 Å². The smallest absolute Gasteiger partial charge is 0.547 e. The summed E-state index contributed by atoms with van der Waals surface area (Å²) in [5.74, 6) is -1.42. The number of carbonyl (C=O) groups is 3. The van der Waals surface area contributed by atoms with Gasteiger partial charge in [0.2, 0.25) is 5.91 Å². The quantitative estimate of drug-likeness (QED) is 0.241. The van der Waals surface area contributed by atoms with E-state index < -0.39 is 30.1 Å². The molecule has 0 bridgehead atoms. The van der Waals surface area contributed by atoms with Crippen molar-refractivity contribution in [2.45, 2.75) is 31.1 Å². The van der Waals surface area contributed by atoms with Crippen LogP contribution in [0.15, 0.2) is 30.3 Å². The van der Waals surface area contributed by atoms with Crippen molar-refractivity contribution in [1.29, 1.82) is 0 Å². The van der Waals surface area contributed by atoms with Crippen molar-refractivity contribution in [3.8, 4) is 0 Å². The van der Waals surface area contributed by atoms with Gasteiger partial charge in [0, 0.05) is 13.0 Å². The van der Waals surface area contributed by atoms with Gasteiger partial charge in [-0.15, -0.1) is 0 Å². The zero-order valence-corrected chi connectivity index (χ0v) is 17.7. The number of hydrogen-bond donors (Lipinski definition) is 2. The minimum Gasteiger partial charge on any atom is -0.547 e. The molecule has 2 rings (SSSR count). The summed E-state index contributed by atoms with van der Waals surface area (Å²) >= 11 is 1.69. The topological polar surface area (TPSA) is 111 Å². The summed E-state index contributed by atoms with van der Waals surface area (Å²) < 4.78 is 4.78. The van der Waals surface area contributed by atoms with E-state index in [1.165, 1.54) is 0 Å². The maximum absolute atomic E-state index is 12.4. The van der Waals surface area contributed by atoms with Crippen LogP contribution in [-0.4, -0.2) is 54.6 Å². The number of carboxylic acid groups (broad SMARTS) is 1. The first-order chi connectivity index (χ1) is 12.0. The Morgan fingerprint density at radius 3 is 2.50 bits per heavy atom. The molecule has 0 saturated carbocycles. The summed E-state index contributed by atoms with van der Waals surface area (Å²) in [6.07, 6.45) is 0.805. The molecule has 0 radical (unpaired) electrons. The Kier molecular flexibility index (Phi) is 10.3. The fourth-order valence-corrected chi connectivity index (χ4v) is 2.79. The number of rotatable bonds is 10. The first kappa shape index (κ1) is 23.0. The first-order valence-electron chi connectivity index (χ1n) is 8.00. The number of epoxide rings is 1. The van der Waals surface area contributed by atoms with E-state index in [1.807, 2.05) is 36.6 Å². The van der Waals surface area contributed by atoms with Crippen molar-refractivity contribution in [3.63, 3.8) is 0 Å². The molecule has 9 heteroatoms. The molecule has 2 N–H and O–H groups in total. The van der Waals surface area contributed by atoms with Crippen LogP contribution in [0.4, 0.5) is 0 Å². The van der Waals surface area contributed by atoms with Gasteiger partial charge in [-0.1, -0.05) is 30.3 Å². The average molecular weight is 388 g/mol. The van der Waals surface area contributed by atoms with Crippen LogP contribution >= 0.6 is 11.8 Å². The van der Waals surface area contributed by atoms with Crippen molar-refractivity contribution < 1.29 is 53.8 Å². The molecule has 0 aromatic heterocycles. The molecule has 1 fully saturated rings. The molecule has 3 atom stereocenters. The molecular formula is C17H21N2NaO5S. The van der Waals surface area contributed by atoms with Crippen molar-refractivity contribution in [2.24, 2.45) is 0 Å². The van der Waals surface area contributed by atoms with E-state index in [1.54, 1.807) is 11.8 Å². The number of hydrogen-bond acceptors (Lipinski definition) is 6. The molecule has 1 heterocycles. The largest absolute Gasteiger partial charge is 1.00 e. The maximum atomic E-state index is 12.4. The summed E-state index contributed by atoms with van der Waals surface area (Å²) in [6, 6.07) is 8.48. The standard InChI is InChI=1S/C17H22N2O5S.Na/c1-25-9-5-8-18-15(20)12(10-11-6-3-2-4-7-11)19-16(21)13-14(24-13)17(22)23;/h2-4,6-7,12-14H,5,8-10H2,1H3,(H,18,20)(H,19,21)(H,22,23);/q;+1/p-1/t12-,13-,14-;/m0./s1. The fourth-order valence-electron chi connectivity index (χ4n) is 2.36. The van der Waals surface area contributed by atoms with E-state index in [-0.39, 0.29) is 35.5 Å². The Morgan fingerprint density at radius 1 is 1.23 bits per heavy atom. The molecule has 1 aromatic carbocycles. The van der Waals surface area contributed by atoms with Crippen LogP contribution in [0.25, 0.3) is 0 Å². The van der Waals surface area contributed by atoms with Crippen LogP contribution in [-0.2, 0) is 25.5 Å². The van der Waals surface area contributed by atoms with E-state index in [4.69, 9.17) is 4.74 Å². The molecular weight excluding hydrogens is 367 g/mol. The Bertz CT molecular complexity index is 616. The molecule has 1 aliphatic rings. The number of ether oxygens (including phenoxy) is 1. The van der Waals surface area contributed by atoms with Crippen molar-refractivity contribution in [1.82, 2.24) is 10.6 Å². The minimum absolute atomic E-state index is 0. The van der Waals surface area contributed by atoms with E-state index in [9.17, 15) is 19.5 Å². The van der Waals surface area contributed by atoms with E-state index in [0.717, 1.165) is 17.7 Å². The van der Waals surface area contributed by atoms with Gasteiger partial charge in [-0.3, -0.25) is 9.59 Å². The van der Waals surface area contributed by atoms with Gasteiger partial charge >= 0.3 is 29.6 Å². The van der Waals surface area contributed by atoms with E-state index in [0.29, 0.717) is 13.0 Å². The summed E-state index contributed by atoms with van der Waals surface area (Å²) in [7, 11) is 0.